The van der Waals surface area contributed by atoms with Crippen LogP contribution in [0.1, 0.15) is 26.7 Å². The molecule has 1 amide bonds. The van der Waals surface area contributed by atoms with Crippen molar-refractivity contribution in [3.63, 3.8) is 0 Å². The van der Waals surface area contributed by atoms with Crippen LogP contribution < -0.4 is 10.6 Å². The van der Waals surface area contributed by atoms with Crippen molar-refractivity contribution in [2.75, 3.05) is 31.5 Å². The highest BCUT2D eigenvalue weighted by Gasteiger charge is 2.20. The van der Waals surface area contributed by atoms with E-state index in [0.29, 0.717) is 18.5 Å². The Morgan fingerprint density at radius 3 is 2.76 bits per heavy atom. The molecule has 1 aromatic rings. The number of carbonyl (C=O) groups excluding carboxylic acids is 1. The molecular formula is C17H27N3O. The Hall–Kier alpha value is -1.39. The first kappa shape index (κ1) is 16.0. The zero-order valence-corrected chi connectivity index (χ0v) is 13.1. The van der Waals surface area contributed by atoms with Crippen molar-refractivity contribution in [1.29, 1.82) is 0 Å². The van der Waals surface area contributed by atoms with Crippen molar-refractivity contribution < 1.29 is 4.79 Å². The lowest BCUT2D eigenvalue weighted by molar-refractivity contribution is -0.117. The van der Waals surface area contributed by atoms with Gasteiger partial charge in [-0.2, -0.15) is 0 Å². The van der Waals surface area contributed by atoms with Crippen LogP contribution in [0.3, 0.4) is 0 Å². The molecule has 4 nitrogen and oxygen atoms in total. The highest BCUT2D eigenvalue weighted by atomic mass is 16.2. The Bertz CT molecular complexity index is 427. The van der Waals surface area contributed by atoms with Gasteiger partial charge in [0.15, 0.2) is 0 Å². The molecule has 116 valence electrons. The molecule has 0 saturated carbocycles. The summed E-state index contributed by atoms with van der Waals surface area (Å²) >= 11 is 0. The molecule has 1 aliphatic rings. The van der Waals surface area contributed by atoms with Gasteiger partial charge < -0.3 is 10.6 Å². The van der Waals surface area contributed by atoms with E-state index in [0.717, 1.165) is 25.3 Å². The Labute approximate surface area is 127 Å². The third kappa shape index (κ3) is 5.86. The molecule has 1 heterocycles. The predicted octanol–water partition coefficient (Wildman–Crippen LogP) is 2.34. The van der Waals surface area contributed by atoms with E-state index >= 15 is 0 Å². The molecule has 0 bridgehead atoms. The minimum Gasteiger partial charge on any atom is -0.325 e. The zero-order valence-electron chi connectivity index (χ0n) is 13.1. The van der Waals surface area contributed by atoms with Gasteiger partial charge in [0.25, 0.3) is 0 Å². The molecule has 0 aromatic heterocycles. The quantitative estimate of drug-likeness (QED) is 0.810. The topological polar surface area (TPSA) is 44.4 Å². The van der Waals surface area contributed by atoms with Gasteiger partial charge in [0, 0.05) is 24.8 Å². The average molecular weight is 289 g/mol. The van der Waals surface area contributed by atoms with Gasteiger partial charge in [0.2, 0.25) is 5.91 Å². The Kier molecular flexibility index (Phi) is 6.21. The van der Waals surface area contributed by atoms with Crippen molar-refractivity contribution in [1.82, 2.24) is 10.2 Å². The normalized spacial score (nSPS) is 18.4. The van der Waals surface area contributed by atoms with Gasteiger partial charge in [-0.25, -0.2) is 0 Å². The summed E-state index contributed by atoms with van der Waals surface area (Å²) in [7, 11) is 0. The fraction of sp³-hybridized carbons (Fsp3) is 0.588. The second-order valence-corrected chi connectivity index (χ2v) is 6.30. The Morgan fingerprint density at radius 2 is 2.14 bits per heavy atom. The second kappa shape index (κ2) is 8.15. The molecule has 1 unspecified atom stereocenters. The average Bonchev–Trinajstić information content (AvgIpc) is 2.91. The number of benzene rings is 1. The summed E-state index contributed by atoms with van der Waals surface area (Å²) in [6.07, 6.45) is 2.46. The largest absolute Gasteiger partial charge is 0.325 e. The number of nitrogens with one attached hydrogen (secondary N) is 2. The molecule has 1 aliphatic heterocycles. The van der Waals surface area contributed by atoms with Gasteiger partial charge in [-0.1, -0.05) is 32.0 Å². The lowest BCUT2D eigenvalue weighted by atomic mass is 10.1. The first-order chi connectivity index (χ1) is 10.1. The summed E-state index contributed by atoms with van der Waals surface area (Å²) in [6, 6.07) is 10.2. The monoisotopic (exact) mass is 289 g/mol. The third-order valence-electron chi connectivity index (χ3n) is 3.69. The number of hydrogen-bond acceptors (Lipinski definition) is 3. The maximum Gasteiger partial charge on any atom is 0.238 e. The van der Waals surface area contributed by atoms with Crippen LogP contribution in [0.15, 0.2) is 30.3 Å². The van der Waals surface area contributed by atoms with Crippen molar-refractivity contribution in [3.8, 4) is 0 Å². The maximum atomic E-state index is 12.2. The molecule has 0 spiro atoms. The summed E-state index contributed by atoms with van der Waals surface area (Å²) in [5.41, 5.74) is 0.867. The summed E-state index contributed by atoms with van der Waals surface area (Å²) in [4.78, 5) is 14.5. The van der Waals surface area contributed by atoms with Crippen LogP contribution in [0.5, 0.6) is 0 Å². The van der Waals surface area contributed by atoms with Crippen LogP contribution in [0.4, 0.5) is 5.69 Å². The third-order valence-corrected chi connectivity index (χ3v) is 3.69. The van der Waals surface area contributed by atoms with Gasteiger partial charge in [0.05, 0.1) is 6.54 Å². The lowest BCUT2D eigenvalue weighted by Gasteiger charge is -2.26. The number of nitrogens with zero attached hydrogens (tertiary/aromatic N) is 1. The predicted molar refractivity (Wildman–Crippen MR) is 87.4 cm³/mol. The van der Waals surface area contributed by atoms with Crippen molar-refractivity contribution in [3.05, 3.63) is 30.3 Å². The smallest absolute Gasteiger partial charge is 0.238 e. The fourth-order valence-electron chi connectivity index (χ4n) is 2.87. The van der Waals surface area contributed by atoms with Crippen molar-refractivity contribution in [2.45, 2.75) is 32.7 Å². The van der Waals surface area contributed by atoms with Crippen LogP contribution in [0, 0.1) is 5.92 Å². The number of anilines is 1. The molecule has 1 fully saturated rings. The van der Waals surface area contributed by atoms with Gasteiger partial charge in [-0.05, 0) is 37.4 Å². The van der Waals surface area contributed by atoms with E-state index in [-0.39, 0.29) is 5.91 Å². The van der Waals surface area contributed by atoms with Gasteiger partial charge in [-0.3, -0.25) is 9.69 Å². The summed E-state index contributed by atoms with van der Waals surface area (Å²) in [6.45, 7) is 7.89. The van der Waals surface area contributed by atoms with E-state index in [2.05, 4.69) is 29.4 Å². The highest BCUT2D eigenvalue weighted by molar-refractivity contribution is 5.92. The van der Waals surface area contributed by atoms with Gasteiger partial charge in [-0.15, -0.1) is 0 Å². The first-order valence-electron chi connectivity index (χ1n) is 7.94. The molecule has 2 rings (SSSR count). The molecule has 0 radical (unpaired) electrons. The maximum absolute atomic E-state index is 12.2. The molecule has 21 heavy (non-hydrogen) atoms. The fourth-order valence-corrected chi connectivity index (χ4v) is 2.87. The van der Waals surface area contributed by atoms with E-state index in [4.69, 9.17) is 0 Å². The van der Waals surface area contributed by atoms with E-state index < -0.39 is 0 Å². The second-order valence-electron chi connectivity index (χ2n) is 6.30. The summed E-state index contributed by atoms with van der Waals surface area (Å²) in [5.74, 6) is 0.635. The lowest BCUT2D eigenvalue weighted by Crippen LogP contribution is -2.43. The van der Waals surface area contributed by atoms with Crippen molar-refractivity contribution in [2.24, 2.45) is 5.92 Å². The highest BCUT2D eigenvalue weighted by Crippen LogP contribution is 2.10. The van der Waals surface area contributed by atoms with E-state index in [1.807, 2.05) is 30.3 Å². The van der Waals surface area contributed by atoms with Gasteiger partial charge >= 0.3 is 0 Å². The van der Waals surface area contributed by atoms with Crippen LogP contribution in [-0.4, -0.2) is 43.0 Å². The standard InChI is InChI=1S/C17H27N3O/c1-14(2)11-20(12-16-9-6-10-18-16)13-17(21)19-15-7-4-3-5-8-15/h3-5,7-8,14,16,18H,6,9-13H2,1-2H3,(H,19,21). The van der Waals surface area contributed by atoms with Crippen LogP contribution >= 0.6 is 0 Å². The summed E-state index contributed by atoms with van der Waals surface area (Å²) < 4.78 is 0. The minimum absolute atomic E-state index is 0.0693. The molecule has 1 saturated heterocycles. The molecule has 0 aliphatic carbocycles. The number of hydrogen-bond donors (Lipinski definition) is 2. The molecule has 4 heteroatoms. The van der Waals surface area contributed by atoms with Crippen LogP contribution in [-0.2, 0) is 4.79 Å². The Morgan fingerprint density at radius 1 is 1.38 bits per heavy atom. The SMILES string of the molecule is CC(C)CN(CC(=O)Nc1ccccc1)CC1CCCN1. The van der Waals surface area contributed by atoms with E-state index in [1.165, 1.54) is 12.8 Å². The zero-order chi connectivity index (χ0) is 15.1. The molecule has 1 aromatic carbocycles. The molecule has 2 N–H and O–H groups in total. The minimum atomic E-state index is 0.0693. The number of carbonyl (C=O) groups is 1. The van der Waals surface area contributed by atoms with Gasteiger partial charge in [0.1, 0.15) is 0 Å². The first-order valence-corrected chi connectivity index (χ1v) is 7.94. The molecular weight excluding hydrogens is 262 g/mol. The molecule has 1 atom stereocenters. The number of amides is 1. The van der Waals surface area contributed by atoms with E-state index in [1.54, 1.807) is 0 Å². The number of para-hydroxylation sites is 1. The van der Waals surface area contributed by atoms with Crippen LogP contribution in [0.2, 0.25) is 0 Å². The number of rotatable bonds is 7. The van der Waals surface area contributed by atoms with E-state index in [9.17, 15) is 4.79 Å². The Balaban J connectivity index is 1.85. The summed E-state index contributed by atoms with van der Waals surface area (Å²) in [5, 5.41) is 6.48. The van der Waals surface area contributed by atoms with Crippen LogP contribution in [0.25, 0.3) is 0 Å². The van der Waals surface area contributed by atoms with Crippen molar-refractivity contribution >= 4 is 11.6 Å².